The fraction of sp³-hybridized carbons (Fsp3) is 0.381. The van der Waals surface area contributed by atoms with Gasteiger partial charge in [-0.3, -0.25) is 14.5 Å². The number of piperidine rings is 1. The van der Waals surface area contributed by atoms with Crippen LogP contribution in [-0.4, -0.2) is 47.4 Å². The van der Waals surface area contributed by atoms with Gasteiger partial charge in [0.2, 0.25) is 5.91 Å². The van der Waals surface area contributed by atoms with E-state index in [1.807, 2.05) is 6.07 Å². The molecule has 1 aromatic heterocycles. The first kappa shape index (κ1) is 18.6. The number of nitrogens with two attached hydrogens (primary N) is 1. The molecule has 7 heteroatoms. The monoisotopic (exact) mass is 379 g/mol. The number of pyridine rings is 1. The minimum atomic E-state index is -0.662. The second-order valence-corrected chi connectivity index (χ2v) is 7.34. The first-order chi connectivity index (χ1) is 13.6. The molecule has 0 bridgehead atoms. The Morgan fingerprint density at radius 3 is 2.96 bits per heavy atom. The summed E-state index contributed by atoms with van der Waals surface area (Å²) in [7, 11) is 0. The van der Waals surface area contributed by atoms with Crippen LogP contribution in [0.3, 0.4) is 0 Å². The van der Waals surface area contributed by atoms with E-state index in [1.54, 1.807) is 36.5 Å². The van der Waals surface area contributed by atoms with Gasteiger partial charge in [-0.25, -0.2) is 4.98 Å². The highest BCUT2D eigenvalue weighted by atomic mass is 16.2. The summed E-state index contributed by atoms with van der Waals surface area (Å²) in [6.07, 6.45) is 3.57. The third-order valence-electron chi connectivity index (χ3n) is 5.64. The van der Waals surface area contributed by atoms with Gasteiger partial charge < -0.3 is 16.0 Å². The van der Waals surface area contributed by atoms with E-state index in [2.05, 4.69) is 22.1 Å². The van der Waals surface area contributed by atoms with Crippen LogP contribution in [0.4, 0.5) is 17.2 Å². The lowest BCUT2D eigenvalue weighted by atomic mass is 9.90. The molecule has 0 aliphatic carbocycles. The molecule has 2 aliphatic rings. The van der Waals surface area contributed by atoms with Crippen LogP contribution in [0.5, 0.6) is 0 Å². The number of hydrogen-bond acceptors (Lipinski definition) is 5. The molecule has 3 N–H and O–H groups in total. The highest BCUT2D eigenvalue weighted by Gasteiger charge is 2.36. The van der Waals surface area contributed by atoms with E-state index in [-0.39, 0.29) is 17.7 Å². The number of para-hydroxylation sites is 1. The summed E-state index contributed by atoms with van der Waals surface area (Å²) in [4.78, 5) is 34.5. The van der Waals surface area contributed by atoms with Gasteiger partial charge in [0, 0.05) is 12.7 Å². The number of fused-ring (bicyclic) bond motifs is 2. The number of nitrogens with one attached hydrogen (secondary N) is 1. The van der Waals surface area contributed by atoms with Crippen LogP contribution in [-0.2, 0) is 4.79 Å². The van der Waals surface area contributed by atoms with Crippen molar-refractivity contribution in [1.82, 2.24) is 9.88 Å². The Kier molecular flexibility index (Phi) is 5.11. The van der Waals surface area contributed by atoms with Gasteiger partial charge in [-0.15, -0.1) is 0 Å². The molecule has 1 saturated heterocycles. The number of benzene rings is 1. The zero-order valence-electron chi connectivity index (χ0n) is 16.0. The number of carbonyl (C=O) groups is 2. The summed E-state index contributed by atoms with van der Waals surface area (Å²) in [6, 6.07) is 9.89. The number of likely N-dealkylation sites (tertiary alicyclic amines) is 1. The van der Waals surface area contributed by atoms with Gasteiger partial charge in [0.1, 0.15) is 0 Å². The van der Waals surface area contributed by atoms with Crippen molar-refractivity contribution in [1.29, 1.82) is 0 Å². The van der Waals surface area contributed by atoms with Crippen molar-refractivity contribution in [3.8, 4) is 0 Å². The van der Waals surface area contributed by atoms with Gasteiger partial charge in [0.15, 0.2) is 5.82 Å². The molecule has 28 heavy (non-hydrogen) atoms. The molecular weight excluding hydrogens is 354 g/mol. The zero-order valence-corrected chi connectivity index (χ0v) is 16.0. The molecule has 0 spiro atoms. The third-order valence-corrected chi connectivity index (χ3v) is 5.64. The summed E-state index contributed by atoms with van der Waals surface area (Å²) in [5.74, 6) is -0.00718. The van der Waals surface area contributed by atoms with E-state index in [9.17, 15) is 9.59 Å². The zero-order chi connectivity index (χ0) is 19.7. The van der Waals surface area contributed by atoms with Crippen molar-refractivity contribution in [2.45, 2.75) is 25.8 Å². The Bertz CT molecular complexity index is 900. The van der Waals surface area contributed by atoms with Gasteiger partial charge in [-0.05, 0) is 56.1 Å². The lowest BCUT2D eigenvalue weighted by Crippen LogP contribution is -2.51. The van der Waals surface area contributed by atoms with Crippen molar-refractivity contribution in [2.24, 2.45) is 11.7 Å². The summed E-state index contributed by atoms with van der Waals surface area (Å²) in [6.45, 7) is 4.93. The molecule has 3 heterocycles. The normalized spacial score (nSPS) is 20.6. The third kappa shape index (κ3) is 3.27. The highest BCUT2D eigenvalue weighted by Crippen LogP contribution is 2.37. The molecule has 0 saturated carbocycles. The molecule has 2 aliphatic heterocycles. The van der Waals surface area contributed by atoms with Crippen molar-refractivity contribution in [3.05, 3.63) is 48.2 Å². The van der Waals surface area contributed by atoms with E-state index in [0.717, 1.165) is 32.5 Å². The second kappa shape index (κ2) is 7.69. The van der Waals surface area contributed by atoms with Gasteiger partial charge in [0.05, 0.1) is 23.0 Å². The predicted molar refractivity (Wildman–Crippen MR) is 109 cm³/mol. The quantitative estimate of drug-likeness (QED) is 0.854. The highest BCUT2D eigenvalue weighted by molar-refractivity contribution is 6.17. The summed E-state index contributed by atoms with van der Waals surface area (Å²) in [5, 5.41) is 2.85. The van der Waals surface area contributed by atoms with E-state index in [4.69, 9.17) is 5.73 Å². The first-order valence-corrected chi connectivity index (χ1v) is 9.77. The Hall–Kier alpha value is -2.77. The number of hydrogen-bond donors (Lipinski definition) is 2. The lowest BCUT2D eigenvalue weighted by molar-refractivity contribution is -0.120. The van der Waals surface area contributed by atoms with Crippen LogP contribution < -0.4 is 16.0 Å². The standard InChI is InChI=1S/C21H25N5O2/c1-2-25-12-6-7-14(13-25)18(22)21(28)26-17-10-4-3-8-15(17)20(27)24-16-9-5-11-23-19(16)26/h3-5,8-11,14,18H,2,6-7,12-13,22H2,1H3,(H,24,27). The summed E-state index contributed by atoms with van der Waals surface area (Å²) in [5.41, 5.74) is 7.94. The largest absolute Gasteiger partial charge is 0.320 e. The maximum absolute atomic E-state index is 13.6. The molecule has 146 valence electrons. The fourth-order valence-corrected chi connectivity index (χ4v) is 4.08. The molecule has 7 nitrogen and oxygen atoms in total. The van der Waals surface area contributed by atoms with Crippen LogP contribution in [0.15, 0.2) is 42.6 Å². The molecular formula is C21H25N5O2. The van der Waals surface area contributed by atoms with Crippen LogP contribution >= 0.6 is 0 Å². The van der Waals surface area contributed by atoms with E-state index < -0.39 is 6.04 Å². The number of aromatic nitrogens is 1. The van der Waals surface area contributed by atoms with Gasteiger partial charge >= 0.3 is 0 Å². The van der Waals surface area contributed by atoms with Gasteiger partial charge in [-0.1, -0.05) is 19.1 Å². The van der Waals surface area contributed by atoms with Crippen molar-refractivity contribution >= 4 is 29.0 Å². The Balaban J connectivity index is 1.74. The van der Waals surface area contributed by atoms with Crippen molar-refractivity contribution in [2.75, 3.05) is 29.9 Å². The smallest absolute Gasteiger partial charge is 0.257 e. The van der Waals surface area contributed by atoms with Gasteiger partial charge in [0.25, 0.3) is 5.91 Å². The maximum atomic E-state index is 13.6. The van der Waals surface area contributed by atoms with Crippen LogP contribution in [0, 0.1) is 5.92 Å². The van der Waals surface area contributed by atoms with Crippen molar-refractivity contribution in [3.63, 3.8) is 0 Å². The van der Waals surface area contributed by atoms with Crippen LogP contribution in [0.1, 0.15) is 30.1 Å². The van der Waals surface area contributed by atoms with Crippen LogP contribution in [0.25, 0.3) is 0 Å². The molecule has 0 radical (unpaired) electrons. The van der Waals surface area contributed by atoms with E-state index in [1.165, 1.54) is 4.90 Å². The second-order valence-electron chi connectivity index (χ2n) is 7.34. The maximum Gasteiger partial charge on any atom is 0.257 e. The van der Waals surface area contributed by atoms with E-state index >= 15 is 0 Å². The lowest BCUT2D eigenvalue weighted by Gasteiger charge is -2.36. The molecule has 2 atom stereocenters. The number of nitrogens with zero attached hydrogens (tertiary/aromatic N) is 3. The number of rotatable bonds is 3. The minimum Gasteiger partial charge on any atom is -0.320 e. The molecule has 2 aromatic rings. The number of carbonyl (C=O) groups excluding carboxylic acids is 2. The fourth-order valence-electron chi connectivity index (χ4n) is 4.08. The Morgan fingerprint density at radius 2 is 2.14 bits per heavy atom. The average molecular weight is 379 g/mol. The SMILES string of the molecule is CCN1CCCC(C(N)C(=O)N2c3ccccc3C(=O)Nc3cccnc32)C1. The first-order valence-electron chi connectivity index (χ1n) is 9.77. The molecule has 1 aromatic carbocycles. The summed E-state index contributed by atoms with van der Waals surface area (Å²) < 4.78 is 0. The number of anilines is 3. The van der Waals surface area contributed by atoms with Crippen LogP contribution in [0.2, 0.25) is 0 Å². The minimum absolute atomic E-state index is 0.0763. The predicted octanol–water partition coefficient (Wildman–Crippen LogP) is 2.37. The molecule has 4 rings (SSSR count). The molecule has 2 amide bonds. The molecule has 1 fully saturated rings. The topological polar surface area (TPSA) is 91.6 Å². The Labute approximate surface area is 164 Å². The molecule has 2 unspecified atom stereocenters. The van der Waals surface area contributed by atoms with Gasteiger partial charge in [-0.2, -0.15) is 0 Å². The van der Waals surface area contributed by atoms with Crippen molar-refractivity contribution < 1.29 is 9.59 Å². The average Bonchev–Trinajstić information content (AvgIpc) is 2.86. The summed E-state index contributed by atoms with van der Waals surface area (Å²) >= 11 is 0. The van der Waals surface area contributed by atoms with E-state index in [0.29, 0.717) is 22.8 Å². The Morgan fingerprint density at radius 1 is 1.32 bits per heavy atom. The number of amides is 2.